The molecule has 2 amide bonds. The monoisotopic (exact) mass is 421 g/mol. The average molecular weight is 422 g/mol. The SMILES string of the molecule is Cc1ccc([C@H]2C[C@H](c3ccc(Cl)cc3)Nc3nc(N4C(=O)CCC4=O)nn32)cc1. The van der Waals surface area contributed by atoms with Crippen LogP contribution in [0, 0.1) is 6.92 Å². The molecule has 2 aliphatic rings. The second-order valence-corrected chi connectivity index (χ2v) is 8.15. The summed E-state index contributed by atoms with van der Waals surface area (Å²) >= 11 is 6.06. The van der Waals surface area contributed by atoms with E-state index in [4.69, 9.17) is 11.6 Å². The highest BCUT2D eigenvalue weighted by molar-refractivity contribution is 6.30. The molecule has 1 fully saturated rings. The molecule has 0 radical (unpaired) electrons. The minimum atomic E-state index is -0.260. The van der Waals surface area contributed by atoms with E-state index < -0.39 is 0 Å². The summed E-state index contributed by atoms with van der Waals surface area (Å²) in [6.45, 7) is 2.05. The van der Waals surface area contributed by atoms with Crippen LogP contribution in [0.5, 0.6) is 0 Å². The first-order valence-corrected chi connectivity index (χ1v) is 10.3. The van der Waals surface area contributed by atoms with Crippen molar-refractivity contribution in [2.24, 2.45) is 0 Å². The molecule has 1 saturated heterocycles. The van der Waals surface area contributed by atoms with Crippen LogP contribution in [-0.2, 0) is 9.59 Å². The number of amides is 2. The molecule has 3 aromatic rings. The number of aromatic nitrogens is 3. The number of fused-ring (bicyclic) bond motifs is 1. The lowest BCUT2D eigenvalue weighted by Gasteiger charge is -2.31. The fourth-order valence-electron chi connectivity index (χ4n) is 4.04. The Morgan fingerprint density at radius 1 is 0.967 bits per heavy atom. The van der Waals surface area contributed by atoms with Gasteiger partial charge in [0, 0.05) is 17.9 Å². The van der Waals surface area contributed by atoms with Crippen molar-refractivity contribution < 1.29 is 9.59 Å². The zero-order valence-electron chi connectivity index (χ0n) is 16.4. The Hall–Kier alpha value is -3.19. The molecular weight excluding hydrogens is 402 g/mol. The second kappa shape index (κ2) is 7.25. The van der Waals surface area contributed by atoms with Crippen LogP contribution in [0.2, 0.25) is 5.02 Å². The summed E-state index contributed by atoms with van der Waals surface area (Å²) in [4.78, 5) is 30.0. The molecule has 7 nitrogen and oxygen atoms in total. The molecule has 1 N–H and O–H groups in total. The molecule has 2 aliphatic heterocycles. The quantitative estimate of drug-likeness (QED) is 0.645. The molecular formula is C22H20ClN5O2. The third kappa shape index (κ3) is 3.25. The van der Waals surface area contributed by atoms with Crippen LogP contribution in [0.3, 0.4) is 0 Å². The van der Waals surface area contributed by atoms with Crippen LogP contribution in [0.1, 0.15) is 48.0 Å². The number of nitrogens with one attached hydrogen (secondary N) is 1. The Morgan fingerprint density at radius 3 is 2.27 bits per heavy atom. The van der Waals surface area contributed by atoms with Crippen molar-refractivity contribution in [2.75, 3.05) is 10.2 Å². The molecule has 3 heterocycles. The summed E-state index contributed by atoms with van der Waals surface area (Å²) < 4.78 is 1.78. The van der Waals surface area contributed by atoms with E-state index in [1.54, 1.807) is 4.68 Å². The number of hydrogen-bond donors (Lipinski definition) is 1. The zero-order valence-corrected chi connectivity index (χ0v) is 17.1. The van der Waals surface area contributed by atoms with Crippen LogP contribution in [0.4, 0.5) is 11.9 Å². The molecule has 0 bridgehead atoms. The van der Waals surface area contributed by atoms with Crippen molar-refractivity contribution in [1.82, 2.24) is 14.8 Å². The molecule has 0 aliphatic carbocycles. The summed E-state index contributed by atoms with van der Waals surface area (Å²) in [7, 11) is 0. The van der Waals surface area contributed by atoms with Gasteiger partial charge in [0.1, 0.15) is 0 Å². The number of imide groups is 1. The Labute approximate surface area is 178 Å². The third-order valence-electron chi connectivity index (χ3n) is 5.66. The predicted molar refractivity (Wildman–Crippen MR) is 113 cm³/mol. The van der Waals surface area contributed by atoms with Gasteiger partial charge in [0.15, 0.2) is 0 Å². The first-order valence-electron chi connectivity index (χ1n) is 9.90. The largest absolute Gasteiger partial charge is 0.347 e. The van der Waals surface area contributed by atoms with Crippen LogP contribution < -0.4 is 10.2 Å². The maximum Gasteiger partial charge on any atom is 0.260 e. The minimum Gasteiger partial charge on any atom is -0.347 e. The number of rotatable bonds is 3. The number of carbonyl (C=O) groups is 2. The molecule has 0 spiro atoms. The summed E-state index contributed by atoms with van der Waals surface area (Å²) in [6.07, 6.45) is 1.14. The predicted octanol–water partition coefficient (Wildman–Crippen LogP) is 4.04. The fraction of sp³-hybridized carbons (Fsp3) is 0.273. The van der Waals surface area contributed by atoms with Gasteiger partial charge in [-0.15, -0.1) is 5.10 Å². The van der Waals surface area contributed by atoms with Gasteiger partial charge in [0.25, 0.3) is 5.95 Å². The van der Waals surface area contributed by atoms with E-state index in [1.165, 1.54) is 5.56 Å². The van der Waals surface area contributed by atoms with E-state index in [0.717, 1.165) is 22.4 Å². The van der Waals surface area contributed by atoms with Gasteiger partial charge in [-0.05, 0) is 36.6 Å². The van der Waals surface area contributed by atoms with Crippen molar-refractivity contribution in [3.8, 4) is 0 Å². The van der Waals surface area contributed by atoms with Crippen LogP contribution in [0.15, 0.2) is 48.5 Å². The number of nitrogens with zero attached hydrogens (tertiary/aromatic N) is 4. The highest BCUT2D eigenvalue weighted by Gasteiger charge is 2.37. The van der Waals surface area contributed by atoms with E-state index in [2.05, 4.69) is 39.7 Å². The number of carbonyl (C=O) groups excluding carboxylic acids is 2. The lowest BCUT2D eigenvalue weighted by atomic mass is 9.93. The number of halogens is 1. The Kier molecular flexibility index (Phi) is 4.55. The average Bonchev–Trinajstić information content (AvgIpc) is 3.30. The standard InChI is InChI=1S/C22H20ClN5O2/c1-13-2-4-15(5-3-13)18-12-17(14-6-8-16(23)9-7-14)24-21-25-22(26-28(18)21)27-19(29)10-11-20(27)30/h2-9,17-18H,10-12H2,1H3,(H,24,25,26)/t17-,18-/m1/s1. The summed E-state index contributed by atoms with van der Waals surface area (Å²) in [5.74, 6) is 0.154. The first kappa shape index (κ1) is 18.8. The molecule has 2 atom stereocenters. The Balaban J connectivity index is 1.57. The van der Waals surface area contributed by atoms with Crippen molar-refractivity contribution in [3.63, 3.8) is 0 Å². The van der Waals surface area contributed by atoms with E-state index in [-0.39, 0.29) is 42.7 Å². The summed E-state index contributed by atoms with van der Waals surface area (Å²) in [6, 6.07) is 15.9. The molecule has 0 saturated carbocycles. The molecule has 30 heavy (non-hydrogen) atoms. The lowest BCUT2D eigenvalue weighted by molar-refractivity contribution is -0.121. The van der Waals surface area contributed by atoms with Crippen LogP contribution >= 0.6 is 11.6 Å². The van der Waals surface area contributed by atoms with Crippen LogP contribution in [0.25, 0.3) is 0 Å². The molecule has 152 valence electrons. The minimum absolute atomic E-state index is 0.0110. The van der Waals surface area contributed by atoms with E-state index in [1.807, 2.05) is 31.2 Å². The fourth-order valence-corrected chi connectivity index (χ4v) is 4.17. The number of hydrogen-bond acceptors (Lipinski definition) is 5. The molecule has 0 unspecified atom stereocenters. The van der Waals surface area contributed by atoms with Crippen molar-refractivity contribution in [1.29, 1.82) is 0 Å². The first-order chi connectivity index (χ1) is 14.5. The van der Waals surface area contributed by atoms with Gasteiger partial charge < -0.3 is 5.32 Å². The van der Waals surface area contributed by atoms with Gasteiger partial charge in [-0.2, -0.15) is 4.98 Å². The van der Waals surface area contributed by atoms with Gasteiger partial charge in [-0.25, -0.2) is 9.58 Å². The van der Waals surface area contributed by atoms with Crippen molar-refractivity contribution >= 4 is 35.3 Å². The van der Waals surface area contributed by atoms with Gasteiger partial charge in [0.2, 0.25) is 17.8 Å². The van der Waals surface area contributed by atoms with Crippen molar-refractivity contribution in [2.45, 2.75) is 38.3 Å². The summed E-state index contributed by atoms with van der Waals surface area (Å²) in [5, 5.41) is 8.66. The maximum atomic E-state index is 12.2. The Bertz CT molecular complexity index is 1110. The molecule has 8 heteroatoms. The summed E-state index contributed by atoms with van der Waals surface area (Å²) in [5.41, 5.74) is 3.35. The lowest BCUT2D eigenvalue weighted by Crippen LogP contribution is -2.30. The van der Waals surface area contributed by atoms with Gasteiger partial charge in [-0.1, -0.05) is 53.6 Å². The Morgan fingerprint density at radius 2 is 1.60 bits per heavy atom. The number of benzene rings is 2. The highest BCUT2D eigenvalue weighted by Crippen LogP contribution is 2.39. The molecule has 1 aromatic heterocycles. The van der Waals surface area contributed by atoms with Crippen LogP contribution in [-0.4, -0.2) is 26.6 Å². The number of aryl methyl sites for hydroxylation is 1. The smallest absolute Gasteiger partial charge is 0.260 e. The van der Waals surface area contributed by atoms with Gasteiger partial charge in [-0.3, -0.25) is 9.59 Å². The highest BCUT2D eigenvalue weighted by atomic mass is 35.5. The van der Waals surface area contributed by atoms with E-state index in [9.17, 15) is 9.59 Å². The molecule has 2 aromatic carbocycles. The topological polar surface area (TPSA) is 80.1 Å². The van der Waals surface area contributed by atoms with E-state index in [0.29, 0.717) is 11.0 Å². The van der Waals surface area contributed by atoms with Gasteiger partial charge >= 0.3 is 0 Å². The van der Waals surface area contributed by atoms with Gasteiger partial charge in [0.05, 0.1) is 12.1 Å². The normalized spacial score (nSPS) is 20.9. The molecule has 5 rings (SSSR count). The number of anilines is 2. The maximum absolute atomic E-state index is 12.2. The second-order valence-electron chi connectivity index (χ2n) is 7.71. The van der Waals surface area contributed by atoms with E-state index >= 15 is 0 Å². The zero-order chi connectivity index (χ0) is 20.8. The van der Waals surface area contributed by atoms with Crippen molar-refractivity contribution in [3.05, 3.63) is 70.2 Å². The third-order valence-corrected chi connectivity index (χ3v) is 5.92.